The summed E-state index contributed by atoms with van der Waals surface area (Å²) in [6.07, 6.45) is -9.17. The number of aromatic nitrogens is 3. The summed E-state index contributed by atoms with van der Waals surface area (Å²) < 4.78 is 83.9. The van der Waals surface area contributed by atoms with Gasteiger partial charge >= 0.3 is 6.18 Å². The molecule has 31 heavy (non-hydrogen) atoms. The first kappa shape index (κ1) is 22.6. The Morgan fingerprint density at radius 3 is 2.55 bits per heavy atom. The maximum absolute atomic E-state index is 14.5. The Morgan fingerprint density at radius 2 is 1.97 bits per heavy atom. The van der Waals surface area contributed by atoms with Crippen LogP contribution in [0.3, 0.4) is 0 Å². The molecule has 1 aliphatic heterocycles. The maximum atomic E-state index is 14.5. The van der Waals surface area contributed by atoms with E-state index in [1.54, 1.807) is 0 Å². The van der Waals surface area contributed by atoms with Gasteiger partial charge in [-0.3, -0.25) is 14.8 Å². The molecule has 0 N–H and O–H groups in total. The number of ether oxygens (including phenoxy) is 1. The third kappa shape index (κ3) is 5.00. The number of ketones is 1. The van der Waals surface area contributed by atoms with E-state index in [0.717, 1.165) is 18.5 Å². The van der Waals surface area contributed by atoms with Gasteiger partial charge in [-0.25, -0.2) is 23.1 Å². The fourth-order valence-electron chi connectivity index (χ4n) is 3.17. The number of hydrogen-bond acceptors (Lipinski definition) is 6. The molecule has 6 nitrogen and oxygen atoms in total. The average molecular weight is 446 g/mol. The molecule has 0 saturated carbocycles. The summed E-state index contributed by atoms with van der Waals surface area (Å²) in [4.78, 5) is 27.5. The van der Waals surface area contributed by atoms with Crippen LogP contribution in [0.15, 0.2) is 29.5 Å². The van der Waals surface area contributed by atoms with Gasteiger partial charge in [0.15, 0.2) is 17.8 Å². The van der Waals surface area contributed by atoms with Gasteiger partial charge in [0.1, 0.15) is 28.4 Å². The van der Waals surface area contributed by atoms with Crippen LogP contribution in [0.25, 0.3) is 0 Å². The van der Waals surface area contributed by atoms with Crippen LogP contribution in [-0.2, 0) is 16.7 Å². The van der Waals surface area contributed by atoms with Crippen LogP contribution in [0.4, 0.5) is 26.3 Å². The number of carbonyl (C=O) groups is 1. The maximum Gasteiger partial charge on any atom is 0.425 e. The van der Waals surface area contributed by atoms with Gasteiger partial charge in [-0.2, -0.15) is 13.2 Å². The van der Waals surface area contributed by atoms with Crippen LogP contribution in [0.2, 0.25) is 0 Å². The number of halogens is 6. The Hall–Kier alpha value is -3.05. The molecule has 0 aromatic carbocycles. The lowest BCUT2D eigenvalue weighted by atomic mass is 9.88. The van der Waals surface area contributed by atoms with Crippen LogP contribution in [0.1, 0.15) is 54.3 Å². The van der Waals surface area contributed by atoms with Gasteiger partial charge in [-0.05, 0) is 19.1 Å². The molecule has 3 rings (SSSR count). The average Bonchev–Trinajstić information content (AvgIpc) is 2.68. The number of carbonyl (C=O) groups excluding carboxylic acids is 1. The summed E-state index contributed by atoms with van der Waals surface area (Å²) in [5.74, 6) is -1.80. The van der Waals surface area contributed by atoms with E-state index >= 15 is 0 Å². The van der Waals surface area contributed by atoms with Gasteiger partial charge in [0, 0.05) is 19.0 Å². The SMILES string of the molecule is CC1=N[C@](C)(c2nc(CC(=O)c3cnc(C(F)F)cn3)ccc2F)C[C@@H](C(F)(F)F)O1. The molecule has 0 radical (unpaired) electrons. The molecule has 0 bridgehead atoms. The Morgan fingerprint density at radius 1 is 1.26 bits per heavy atom. The van der Waals surface area contributed by atoms with E-state index in [4.69, 9.17) is 4.74 Å². The van der Waals surface area contributed by atoms with Crippen molar-refractivity contribution in [1.82, 2.24) is 15.0 Å². The van der Waals surface area contributed by atoms with Crippen LogP contribution in [-0.4, -0.2) is 38.9 Å². The molecule has 1 aliphatic rings. The van der Waals surface area contributed by atoms with Crippen LogP contribution >= 0.6 is 0 Å². The van der Waals surface area contributed by atoms with Crippen molar-refractivity contribution < 1.29 is 35.9 Å². The number of nitrogens with zero attached hydrogens (tertiary/aromatic N) is 4. The van der Waals surface area contributed by atoms with E-state index in [0.29, 0.717) is 0 Å². The smallest absolute Gasteiger partial charge is 0.425 e. The molecule has 2 aromatic heterocycles. The van der Waals surface area contributed by atoms with Gasteiger partial charge in [0.25, 0.3) is 6.43 Å². The van der Waals surface area contributed by atoms with Gasteiger partial charge < -0.3 is 4.74 Å². The first-order valence-electron chi connectivity index (χ1n) is 8.98. The number of aliphatic imine (C=N–C) groups is 1. The van der Waals surface area contributed by atoms with Crippen molar-refractivity contribution >= 4 is 11.7 Å². The number of alkyl halides is 5. The van der Waals surface area contributed by atoms with E-state index in [1.165, 1.54) is 19.9 Å². The summed E-state index contributed by atoms with van der Waals surface area (Å²) in [7, 11) is 0. The second kappa shape index (κ2) is 8.23. The molecule has 12 heteroatoms. The fraction of sp³-hybridized carbons (Fsp3) is 0.421. The van der Waals surface area contributed by atoms with Crippen molar-refractivity contribution in [2.75, 3.05) is 0 Å². The van der Waals surface area contributed by atoms with Crippen LogP contribution in [0, 0.1) is 5.82 Å². The fourth-order valence-corrected chi connectivity index (χ4v) is 3.17. The van der Waals surface area contributed by atoms with Gasteiger partial charge in [0.05, 0.1) is 18.8 Å². The molecule has 0 unspecified atom stereocenters. The number of rotatable bonds is 5. The molecule has 2 aromatic rings. The molecule has 0 spiro atoms. The summed E-state index contributed by atoms with van der Waals surface area (Å²) in [6.45, 7) is 2.52. The molecule has 166 valence electrons. The lowest BCUT2D eigenvalue weighted by molar-refractivity contribution is -0.208. The number of pyridine rings is 1. The topological polar surface area (TPSA) is 77.3 Å². The Labute approximate surface area is 172 Å². The van der Waals surface area contributed by atoms with E-state index in [-0.39, 0.29) is 23.0 Å². The molecular weight excluding hydrogens is 430 g/mol. The van der Waals surface area contributed by atoms with Crippen molar-refractivity contribution in [3.8, 4) is 0 Å². The van der Waals surface area contributed by atoms with Gasteiger partial charge in [-0.15, -0.1) is 0 Å². The highest BCUT2D eigenvalue weighted by Gasteiger charge is 2.50. The minimum absolute atomic E-state index is 0.0465. The van der Waals surface area contributed by atoms with Crippen LogP contribution < -0.4 is 0 Å². The molecule has 0 saturated heterocycles. The highest BCUT2D eigenvalue weighted by Crippen LogP contribution is 2.40. The zero-order chi connectivity index (χ0) is 23.0. The second-order valence-electron chi connectivity index (χ2n) is 7.12. The molecular formula is C19H16F6N4O2. The molecule has 3 heterocycles. The lowest BCUT2D eigenvalue weighted by Gasteiger charge is -2.35. The lowest BCUT2D eigenvalue weighted by Crippen LogP contribution is -2.43. The summed E-state index contributed by atoms with van der Waals surface area (Å²) in [6, 6.07) is 2.17. The number of Topliss-reactive ketones (excluding diaryl/α,β-unsaturated/α-hetero) is 1. The summed E-state index contributed by atoms with van der Waals surface area (Å²) >= 11 is 0. The zero-order valence-corrected chi connectivity index (χ0v) is 16.3. The van der Waals surface area contributed by atoms with E-state index in [2.05, 4.69) is 19.9 Å². The van der Waals surface area contributed by atoms with E-state index < -0.39 is 54.4 Å². The predicted molar refractivity (Wildman–Crippen MR) is 95.2 cm³/mol. The minimum Gasteiger partial charge on any atom is -0.468 e. The van der Waals surface area contributed by atoms with Gasteiger partial charge in [-0.1, -0.05) is 0 Å². The monoisotopic (exact) mass is 446 g/mol. The first-order valence-corrected chi connectivity index (χ1v) is 8.98. The van der Waals surface area contributed by atoms with Crippen molar-refractivity contribution in [3.05, 3.63) is 53.1 Å². The van der Waals surface area contributed by atoms with E-state index in [9.17, 15) is 31.1 Å². The minimum atomic E-state index is -4.69. The molecule has 0 amide bonds. The highest BCUT2D eigenvalue weighted by atomic mass is 19.4. The molecule has 0 fully saturated rings. The largest absolute Gasteiger partial charge is 0.468 e. The Bertz CT molecular complexity index is 1010. The zero-order valence-electron chi connectivity index (χ0n) is 16.3. The quantitative estimate of drug-likeness (QED) is 0.504. The van der Waals surface area contributed by atoms with Crippen molar-refractivity contribution in [3.63, 3.8) is 0 Å². The van der Waals surface area contributed by atoms with E-state index in [1.807, 2.05) is 0 Å². The standard InChI is InChI=1S/C19H16F6N4O2/c1-9-29-18(2,6-15(31-9)19(23,24)25)16-11(20)4-3-10(28-16)5-14(30)12-7-27-13(8-26-12)17(21)22/h3-4,7-8,15,17H,5-6H2,1-2H3/t15-,18-/m0/s1. The van der Waals surface area contributed by atoms with Crippen molar-refractivity contribution in [2.24, 2.45) is 4.99 Å². The highest BCUT2D eigenvalue weighted by molar-refractivity contribution is 5.95. The van der Waals surface area contributed by atoms with Crippen molar-refractivity contribution in [1.29, 1.82) is 0 Å². The predicted octanol–water partition coefficient (Wildman–Crippen LogP) is 4.36. The molecule has 0 aliphatic carbocycles. The van der Waals surface area contributed by atoms with Gasteiger partial charge in [0.2, 0.25) is 0 Å². The summed E-state index contributed by atoms with van der Waals surface area (Å²) in [5, 5.41) is 0. The molecule has 2 atom stereocenters. The Kier molecular flexibility index (Phi) is 6.01. The summed E-state index contributed by atoms with van der Waals surface area (Å²) in [5.41, 5.74) is -2.80. The number of hydrogen-bond donors (Lipinski definition) is 0. The third-order valence-electron chi connectivity index (χ3n) is 4.60. The van der Waals surface area contributed by atoms with Crippen LogP contribution in [0.5, 0.6) is 0 Å². The van der Waals surface area contributed by atoms with Crippen molar-refractivity contribution in [2.45, 2.75) is 50.9 Å². The Balaban J connectivity index is 1.88. The first-order chi connectivity index (χ1) is 14.4. The second-order valence-corrected chi connectivity index (χ2v) is 7.12. The third-order valence-corrected chi connectivity index (χ3v) is 4.60. The normalized spacial score (nSPS) is 21.6.